The number of anilines is 3. The van der Waals surface area contributed by atoms with E-state index in [1.54, 1.807) is 0 Å². The third-order valence-corrected chi connectivity index (χ3v) is 1.46. The quantitative estimate of drug-likeness (QED) is 0.579. The number of hydrogen-bond donors (Lipinski definition) is 3. The molecule has 7 heteroatoms. The minimum absolute atomic E-state index is 0.284. The average molecular weight is 186 g/mol. The van der Waals surface area contributed by atoms with Gasteiger partial charge in [-0.3, -0.25) is 0 Å². The third kappa shape index (κ3) is 1.92. The van der Waals surface area contributed by atoms with Crippen LogP contribution >= 0.6 is 9.39 Å². The number of nitrogens with two attached hydrogens (primary N) is 1. The van der Waals surface area contributed by atoms with E-state index in [2.05, 4.69) is 35.0 Å². The highest BCUT2D eigenvalue weighted by molar-refractivity contribution is 7.18. The van der Waals surface area contributed by atoms with Crippen molar-refractivity contribution < 1.29 is 0 Å². The maximum absolute atomic E-state index is 5.46. The number of hydrogen-bond acceptors (Lipinski definition) is 6. The van der Waals surface area contributed by atoms with Crippen LogP contribution < -0.4 is 16.1 Å². The van der Waals surface area contributed by atoms with Crippen molar-refractivity contribution in [2.45, 2.75) is 6.92 Å². The minimum atomic E-state index is 0.284. The maximum Gasteiger partial charge on any atom is 0.244 e. The van der Waals surface area contributed by atoms with Gasteiger partial charge in [-0.1, -0.05) is 0 Å². The van der Waals surface area contributed by atoms with Gasteiger partial charge in [-0.05, 0) is 16.3 Å². The van der Waals surface area contributed by atoms with Gasteiger partial charge in [0.25, 0.3) is 0 Å². The van der Waals surface area contributed by atoms with E-state index in [0.717, 1.165) is 6.54 Å². The van der Waals surface area contributed by atoms with Gasteiger partial charge in [-0.2, -0.15) is 4.98 Å². The number of nitrogen functional groups attached to an aromatic ring is 1. The topological polar surface area (TPSA) is 88.8 Å². The Morgan fingerprint density at radius 3 is 2.83 bits per heavy atom. The summed E-state index contributed by atoms with van der Waals surface area (Å²) in [6.45, 7) is 2.70. The molecule has 66 valence electrons. The summed E-state index contributed by atoms with van der Waals surface area (Å²) in [4.78, 5) is 4.04. The first-order valence-corrected chi connectivity index (χ1v) is 4.06. The van der Waals surface area contributed by atoms with Crippen LogP contribution in [0.3, 0.4) is 0 Å². The van der Waals surface area contributed by atoms with Crippen LogP contribution in [0.4, 0.5) is 17.6 Å². The predicted molar refractivity (Wildman–Crippen MR) is 51.7 cm³/mol. The monoisotopic (exact) mass is 186 g/mol. The lowest BCUT2D eigenvalue weighted by atomic mass is 10.6. The molecule has 1 atom stereocenters. The zero-order chi connectivity index (χ0) is 8.97. The van der Waals surface area contributed by atoms with Crippen LogP contribution in [0.5, 0.6) is 0 Å². The predicted octanol–water partition coefficient (Wildman–Crippen LogP) is 0.0876. The molecule has 0 saturated heterocycles. The SMILES string of the molecule is CCNc1nnc(N)c(NP)n1. The van der Waals surface area contributed by atoms with Gasteiger partial charge in [0, 0.05) is 6.54 Å². The van der Waals surface area contributed by atoms with E-state index >= 15 is 0 Å². The number of nitrogens with zero attached hydrogens (tertiary/aromatic N) is 3. The molecule has 12 heavy (non-hydrogen) atoms. The summed E-state index contributed by atoms with van der Waals surface area (Å²) in [5, 5.41) is 13.1. The molecule has 0 aliphatic heterocycles. The summed E-state index contributed by atoms with van der Waals surface area (Å²) in [7, 11) is 2.30. The van der Waals surface area contributed by atoms with E-state index in [4.69, 9.17) is 5.73 Å². The molecular weight excluding hydrogens is 175 g/mol. The molecular formula is C5H11N6P. The number of rotatable bonds is 3. The minimum Gasteiger partial charge on any atom is -0.379 e. The van der Waals surface area contributed by atoms with Gasteiger partial charge >= 0.3 is 0 Å². The molecule has 6 nitrogen and oxygen atoms in total. The molecule has 0 fully saturated rings. The Labute approximate surface area is 72.6 Å². The molecule has 0 aromatic carbocycles. The summed E-state index contributed by atoms with van der Waals surface area (Å²) in [6, 6.07) is 0. The highest BCUT2D eigenvalue weighted by Gasteiger charge is 2.02. The first-order valence-electron chi connectivity index (χ1n) is 3.48. The Balaban J connectivity index is 2.89. The third-order valence-electron chi connectivity index (χ3n) is 1.18. The van der Waals surface area contributed by atoms with Gasteiger partial charge in [-0.25, -0.2) is 0 Å². The molecule has 1 rings (SSSR count). The average Bonchev–Trinajstić information content (AvgIpc) is 2.09. The van der Waals surface area contributed by atoms with Crippen molar-refractivity contribution in [3.8, 4) is 0 Å². The lowest BCUT2D eigenvalue weighted by molar-refractivity contribution is 0.970. The molecule has 0 spiro atoms. The van der Waals surface area contributed by atoms with E-state index < -0.39 is 0 Å². The van der Waals surface area contributed by atoms with Crippen molar-refractivity contribution in [1.82, 2.24) is 15.2 Å². The van der Waals surface area contributed by atoms with E-state index in [0.29, 0.717) is 11.8 Å². The molecule has 0 radical (unpaired) electrons. The molecule has 0 amide bonds. The van der Waals surface area contributed by atoms with Crippen LogP contribution in [0.1, 0.15) is 6.92 Å². The Hall–Kier alpha value is -1.16. The van der Waals surface area contributed by atoms with Gasteiger partial charge < -0.3 is 16.1 Å². The fraction of sp³-hybridized carbons (Fsp3) is 0.400. The number of nitrogens with one attached hydrogen (secondary N) is 2. The van der Waals surface area contributed by atoms with E-state index in [1.165, 1.54) is 0 Å². The van der Waals surface area contributed by atoms with Crippen molar-refractivity contribution in [3.05, 3.63) is 0 Å². The summed E-state index contributed by atoms with van der Waals surface area (Å²) in [5.41, 5.74) is 5.46. The van der Waals surface area contributed by atoms with Gasteiger partial charge in [0.05, 0.1) is 0 Å². The molecule has 1 heterocycles. The largest absolute Gasteiger partial charge is 0.379 e. The lowest BCUT2D eigenvalue weighted by Gasteiger charge is -2.04. The molecule has 0 aliphatic carbocycles. The Bertz CT molecular complexity index is 264. The first kappa shape index (κ1) is 8.93. The Morgan fingerprint density at radius 2 is 2.25 bits per heavy atom. The Morgan fingerprint density at radius 1 is 1.50 bits per heavy atom. The summed E-state index contributed by atoms with van der Waals surface area (Å²) in [5.74, 6) is 1.26. The van der Waals surface area contributed by atoms with Crippen LogP contribution in [-0.2, 0) is 0 Å². The fourth-order valence-corrected chi connectivity index (χ4v) is 0.886. The fourth-order valence-electron chi connectivity index (χ4n) is 0.673. The van der Waals surface area contributed by atoms with Crippen molar-refractivity contribution in [2.24, 2.45) is 0 Å². The van der Waals surface area contributed by atoms with Gasteiger partial charge in [0.2, 0.25) is 5.95 Å². The molecule has 0 saturated carbocycles. The highest BCUT2D eigenvalue weighted by atomic mass is 31.0. The Kier molecular flexibility index (Phi) is 2.99. The molecule has 4 N–H and O–H groups in total. The van der Waals surface area contributed by atoms with E-state index in [1.807, 2.05) is 6.92 Å². The van der Waals surface area contributed by atoms with Crippen LogP contribution in [-0.4, -0.2) is 21.7 Å². The molecule has 0 bridgehead atoms. The second-order valence-corrected chi connectivity index (χ2v) is 2.33. The molecule has 1 aromatic rings. The summed E-state index contributed by atoms with van der Waals surface area (Å²) < 4.78 is 0. The normalized spacial score (nSPS) is 9.50. The first-order chi connectivity index (χ1) is 5.77. The maximum atomic E-state index is 5.46. The smallest absolute Gasteiger partial charge is 0.244 e. The lowest BCUT2D eigenvalue weighted by Crippen LogP contribution is -2.07. The molecule has 1 aromatic heterocycles. The van der Waals surface area contributed by atoms with Crippen LogP contribution in [0.25, 0.3) is 0 Å². The highest BCUT2D eigenvalue weighted by Crippen LogP contribution is 2.13. The van der Waals surface area contributed by atoms with Crippen LogP contribution in [0.2, 0.25) is 0 Å². The zero-order valence-electron chi connectivity index (χ0n) is 6.70. The van der Waals surface area contributed by atoms with Crippen LogP contribution in [0.15, 0.2) is 0 Å². The van der Waals surface area contributed by atoms with Crippen molar-refractivity contribution >= 4 is 27.0 Å². The standard InChI is InChI=1S/C5H11N6P/c1-2-7-5-8-4(11-12)3(6)9-10-5/h2,12H2,1H3,(H2,6,9)(H2,7,8,10,11). The van der Waals surface area contributed by atoms with Gasteiger partial charge in [0.1, 0.15) is 0 Å². The summed E-state index contributed by atoms with van der Waals surface area (Å²) in [6.07, 6.45) is 0. The van der Waals surface area contributed by atoms with Gasteiger partial charge in [-0.15, -0.1) is 10.2 Å². The summed E-state index contributed by atoms with van der Waals surface area (Å²) >= 11 is 0. The zero-order valence-corrected chi connectivity index (χ0v) is 7.86. The second-order valence-electron chi connectivity index (χ2n) is 2.04. The van der Waals surface area contributed by atoms with Crippen molar-refractivity contribution in [1.29, 1.82) is 0 Å². The van der Waals surface area contributed by atoms with Gasteiger partial charge in [0.15, 0.2) is 11.6 Å². The molecule has 0 aliphatic rings. The second kappa shape index (κ2) is 4.01. The molecule has 1 unspecified atom stereocenters. The number of aromatic nitrogens is 3. The van der Waals surface area contributed by atoms with Crippen molar-refractivity contribution in [3.63, 3.8) is 0 Å². The van der Waals surface area contributed by atoms with E-state index in [-0.39, 0.29) is 5.82 Å². The van der Waals surface area contributed by atoms with Crippen LogP contribution in [0, 0.1) is 0 Å². The van der Waals surface area contributed by atoms with E-state index in [9.17, 15) is 0 Å². The van der Waals surface area contributed by atoms with Crippen molar-refractivity contribution in [2.75, 3.05) is 22.7 Å².